The van der Waals surface area contributed by atoms with Gasteiger partial charge in [0.15, 0.2) is 5.11 Å². The molecule has 1 heterocycles. The maximum Gasteiger partial charge on any atom is 0.341 e. The summed E-state index contributed by atoms with van der Waals surface area (Å²) in [6.45, 7) is 4.19. The predicted molar refractivity (Wildman–Crippen MR) is 117 cm³/mol. The average Bonchev–Trinajstić information content (AvgIpc) is 2.99. The molecule has 2 aromatic rings. The van der Waals surface area contributed by atoms with Gasteiger partial charge in [0.25, 0.3) is 0 Å². The molecule has 1 aliphatic rings. The SMILES string of the molecule is CCOC(=O)c1c(NC(=S)NC2CCCCC2)sc(C)c1-c1ccccc1. The van der Waals surface area contributed by atoms with Crippen molar-refractivity contribution in [3.05, 3.63) is 40.8 Å². The number of thiophene rings is 1. The van der Waals surface area contributed by atoms with E-state index in [-0.39, 0.29) is 5.97 Å². The molecular formula is C21H26N2O2S2. The van der Waals surface area contributed by atoms with Crippen molar-refractivity contribution in [3.63, 3.8) is 0 Å². The van der Waals surface area contributed by atoms with E-state index in [9.17, 15) is 4.79 Å². The number of thiocarbonyl (C=S) groups is 1. The van der Waals surface area contributed by atoms with Crippen LogP contribution in [0.3, 0.4) is 0 Å². The molecule has 0 spiro atoms. The zero-order valence-electron chi connectivity index (χ0n) is 15.8. The Morgan fingerprint density at radius 2 is 1.93 bits per heavy atom. The first-order valence-electron chi connectivity index (χ1n) is 9.53. The molecule has 0 unspecified atom stereocenters. The van der Waals surface area contributed by atoms with Crippen LogP contribution in [0.25, 0.3) is 11.1 Å². The summed E-state index contributed by atoms with van der Waals surface area (Å²) < 4.78 is 5.34. The van der Waals surface area contributed by atoms with E-state index >= 15 is 0 Å². The van der Waals surface area contributed by atoms with E-state index in [1.54, 1.807) is 11.3 Å². The highest BCUT2D eigenvalue weighted by Crippen LogP contribution is 2.40. The molecule has 1 fully saturated rings. The highest BCUT2D eigenvalue weighted by Gasteiger charge is 2.25. The van der Waals surface area contributed by atoms with Gasteiger partial charge in [0, 0.05) is 16.5 Å². The molecule has 27 heavy (non-hydrogen) atoms. The monoisotopic (exact) mass is 402 g/mol. The molecule has 1 saturated carbocycles. The Bertz CT molecular complexity index is 796. The number of nitrogens with one attached hydrogen (secondary N) is 2. The lowest BCUT2D eigenvalue weighted by molar-refractivity contribution is 0.0529. The van der Waals surface area contributed by atoms with Crippen molar-refractivity contribution >= 4 is 39.6 Å². The van der Waals surface area contributed by atoms with Crippen molar-refractivity contribution in [1.82, 2.24) is 5.32 Å². The maximum absolute atomic E-state index is 12.7. The van der Waals surface area contributed by atoms with E-state index in [1.807, 2.05) is 44.2 Å². The zero-order chi connectivity index (χ0) is 19.2. The van der Waals surface area contributed by atoms with Crippen LogP contribution in [0.5, 0.6) is 0 Å². The Morgan fingerprint density at radius 3 is 2.59 bits per heavy atom. The van der Waals surface area contributed by atoms with Gasteiger partial charge in [-0.25, -0.2) is 4.79 Å². The smallest absolute Gasteiger partial charge is 0.341 e. The average molecular weight is 403 g/mol. The molecule has 4 nitrogen and oxygen atoms in total. The molecule has 0 saturated heterocycles. The number of benzene rings is 1. The highest BCUT2D eigenvalue weighted by molar-refractivity contribution is 7.80. The number of carbonyl (C=O) groups is 1. The molecule has 0 amide bonds. The lowest BCUT2D eigenvalue weighted by Gasteiger charge is -2.24. The molecule has 2 N–H and O–H groups in total. The predicted octanol–water partition coefficient (Wildman–Crippen LogP) is 5.52. The van der Waals surface area contributed by atoms with Crippen LogP contribution < -0.4 is 10.6 Å². The zero-order valence-corrected chi connectivity index (χ0v) is 17.5. The normalized spacial score (nSPS) is 14.6. The third-order valence-electron chi connectivity index (χ3n) is 4.79. The van der Waals surface area contributed by atoms with Gasteiger partial charge in [0.1, 0.15) is 10.6 Å². The van der Waals surface area contributed by atoms with Crippen LogP contribution in [0, 0.1) is 6.92 Å². The fraction of sp³-hybridized carbons (Fsp3) is 0.429. The fourth-order valence-corrected chi connectivity index (χ4v) is 4.96. The van der Waals surface area contributed by atoms with Crippen LogP contribution in [0.15, 0.2) is 30.3 Å². The third-order valence-corrected chi connectivity index (χ3v) is 6.03. The van der Waals surface area contributed by atoms with Gasteiger partial charge in [-0.15, -0.1) is 11.3 Å². The van der Waals surface area contributed by atoms with Crippen LogP contribution >= 0.6 is 23.6 Å². The summed E-state index contributed by atoms with van der Waals surface area (Å²) in [5, 5.41) is 8.00. The van der Waals surface area contributed by atoms with E-state index in [0.717, 1.165) is 33.8 Å². The first-order valence-corrected chi connectivity index (χ1v) is 10.8. The summed E-state index contributed by atoms with van der Waals surface area (Å²) >= 11 is 7.07. The summed E-state index contributed by atoms with van der Waals surface area (Å²) in [6.07, 6.45) is 6.07. The molecule has 1 aromatic heterocycles. The van der Waals surface area contributed by atoms with Crippen LogP contribution in [0.4, 0.5) is 5.00 Å². The lowest BCUT2D eigenvalue weighted by atomic mass is 9.96. The Morgan fingerprint density at radius 1 is 1.22 bits per heavy atom. The first kappa shape index (κ1) is 19.8. The maximum atomic E-state index is 12.7. The molecule has 1 aromatic carbocycles. The van der Waals surface area contributed by atoms with Gasteiger partial charge in [-0.2, -0.15) is 0 Å². The van der Waals surface area contributed by atoms with Gasteiger partial charge < -0.3 is 15.4 Å². The standard InChI is InChI=1S/C21H26N2O2S2/c1-3-25-20(24)18-17(15-10-6-4-7-11-15)14(2)27-19(18)23-21(26)22-16-12-8-5-9-13-16/h4,6-7,10-11,16H,3,5,8-9,12-13H2,1-2H3,(H2,22,23,26). The van der Waals surface area contributed by atoms with Gasteiger partial charge in [-0.05, 0) is 44.5 Å². The minimum absolute atomic E-state index is 0.316. The molecule has 3 rings (SSSR count). The molecule has 0 radical (unpaired) electrons. The molecule has 0 aliphatic heterocycles. The number of aryl methyl sites for hydroxylation is 1. The highest BCUT2D eigenvalue weighted by atomic mass is 32.1. The summed E-state index contributed by atoms with van der Waals surface area (Å²) in [5.41, 5.74) is 2.49. The van der Waals surface area contributed by atoms with E-state index in [4.69, 9.17) is 17.0 Å². The number of ether oxygens (including phenoxy) is 1. The quantitative estimate of drug-likeness (QED) is 0.509. The second kappa shape index (κ2) is 9.33. The molecular weight excluding hydrogens is 376 g/mol. The van der Waals surface area contributed by atoms with Crippen LogP contribution in [-0.2, 0) is 4.74 Å². The molecule has 0 atom stereocenters. The molecule has 0 bridgehead atoms. The van der Waals surface area contributed by atoms with E-state index in [1.165, 1.54) is 19.3 Å². The Balaban J connectivity index is 1.87. The largest absolute Gasteiger partial charge is 0.462 e. The third kappa shape index (κ3) is 4.87. The van der Waals surface area contributed by atoms with E-state index in [2.05, 4.69) is 10.6 Å². The lowest BCUT2D eigenvalue weighted by Crippen LogP contribution is -2.38. The van der Waals surface area contributed by atoms with Crippen LogP contribution in [0.1, 0.15) is 54.3 Å². The van der Waals surface area contributed by atoms with Gasteiger partial charge in [-0.1, -0.05) is 49.6 Å². The van der Waals surface area contributed by atoms with Gasteiger partial charge in [0.2, 0.25) is 0 Å². The number of rotatable bonds is 5. The summed E-state index contributed by atoms with van der Waals surface area (Å²) in [4.78, 5) is 13.8. The second-order valence-electron chi connectivity index (χ2n) is 6.76. The summed E-state index contributed by atoms with van der Waals surface area (Å²) in [6, 6.07) is 10.4. The van der Waals surface area contributed by atoms with Gasteiger partial charge in [-0.3, -0.25) is 0 Å². The summed E-state index contributed by atoms with van der Waals surface area (Å²) in [5.74, 6) is -0.316. The molecule has 1 aliphatic carbocycles. The Kier molecular flexibility index (Phi) is 6.85. The van der Waals surface area contributed by atoms with Crippen molar-refractivity contribution in [2.24, 2.45) is 0 Å². The Labute approximate surface area is 170 Å². The van der Waals surface area contributed by atoms with Gasteiger partial charge >= 0.3 is 5.97 Å². The van der Waals surface area contributed by atoms with Crippen LogP contribution in [-0.4, -0.2) is 23.7 Å². The minimum Gasteiger partial charge on any atom is -0.462 e. The summed E-state index contributed by atoms with van der Waals surface area (Å²) in [7, 11) is 0. The van der Waals surface area contributed by atoms with Crippen molar-refractivity contribution in [2.45, 2.75) is 52.0 Å². The Hall–Kier alpha value is -1.92. The fourth-order valence-electron chi connectivity index (χ4n) is 3.55. The molecule has 144 valence electrons. The minimum atomic E-state index is -0.316. The van der Waals surface area contributed by atoms with E-state index < -0.39 is 0 Å². The second-order valence-corrected chi connectivity index (χ2v) is 8.39. The molecule has 6 heteroatoms. The van der Waals surface area contributed by atoms with Crippen molar-refractivity contribution in [1.29, 1.82) is 0 Å². The number of hydrogen-bond acceptors (Lipinski definition) is 4. The number of hydrogen-bond donors (Lipinski definition) is 2. The van der Waals surface area contributed by atoms with Crippen molar-refractivity contribution in [3.8, 4) is 11.1 Å². The number of carbonyl (C=O) groups excluding carboxylic acids is 1. The van der Waals surface area contributed by atoms with Crippen LogP contribution in [0.2, 0.25) is 0 Å². The van der Waals surface area contributed by atoms with Crippen molar-refractivity contribution in [2.75, 3.05) is 11.9 Å². The first-order chi connectivity index (χ1) is 13.1. The number of anilines is 1. The van der Waals surface area contributed by atoms with Crippen molar-refractivity contribution < 1.29 is 9.53 Å². The van der Waals surface area contributed by atoms with Gasteiger partial charge in [0.05, 0.1) is 6.61 Å². The topological polar surface area (TPSA) is 50.4 Å². The van der Waals surface area contributed by atoms with E-state index in [0.29, 0.717) is 23.3 Å². The number of esters is 1.